The first-order valence-corrected chi connectivity index (χ1v) is 9.86. The molecule has 2 N–H and O–H groups in total. The molecule has 9 heteroatoms. The monoisotopic (exact) mass is 445 g/mol. The van der Waals surface area contributed by atoms with Gasteiger partial charge in [0.05, 0.1) is 5.56 Å². The predicted octanol–water partition coefficient (Wildman–Crippen LogP) is 4.53. The number of anilines is 1. The molecule has 2 aromatic carbocycles. The Bertz CT molecular complexity index is 1210. The molecular weight excluding hydrogens is 426 g/mol. The number of H-pyrrole nitrogens is 1. The molecule has 0 spiro atoms. The van der Waals surface area contributed by atoms with Crippen LogP contribution in [0.3, 0.4) is 0 Å². The lowest BCUT2D eigenvalue weighted by Crippen LogP contribution is -2.44. The van der Waals surface area contributed by atoms with Crippen LogP contribution in [0.5, 0.6) is 0 Å². The molecule has 0 atom stereocenters. The molecule has 1 aromatic heterocycles. The van der Waals surface area contributed by atoms with Gasteiger partial charge in [-0.2, -0.15) is 8.78 Å². The molecule has 0 bridgehead atoms. The average Bonchev–Trinajstić information content (AvgIpc) is 3.23. The molecule has 5 nitrogen and oxygen atoms in total. The number of amides is 2. The van der Waals surface area contributed by atoms with Crippen molar-refractivity contribution in [2.75, 3.05) is 11.9 Å². The van der Waals surface area contributed by atoms with Crippen molar-refractivity contribution in [1.29, 1.82) is 0 Å². The van der Waals surface area contributed by atoms with E-state index in [1.54, 1.807) is 12.3 Å². The van der Waals surface area contributed by atoms with Gasteiger partial charge in [0.25, 0.3) is 11.8 Å². The van der Waals surface area contributed by atoms with Crippen molar-refractivity contribution in [1.82, 2.24) is 9.88 Å². The number of hydrogen-bond acceptors (Lipinski definition) is 2. The van der Waals surface area contributed by atoms with Gasteiger partial charge in [-0.3, -0.25) is 9.59 Å². The Morgan fingerprint density at radius 3 is 2.56 bits per heavy atom. The van der Waals surface area contributed by atoms with E-state index in [0.717, 1.165) is 34.4 Å². The minimum atomic E-state index is -4.17. The number of rotatable bonds is 4. The van der Waals surface area contributed by atoms with Crippen molar-refractivity contribution in [3.63, 3.8) is 0 Å². The van der Waals surface area contributed by atoms with E-state index in [0.29, 0.717) is 12.5 Å². The number of halogens is 4. The highest BCUT2D eigenvalue weighted by Gasteiger charge is 2.46. The Labute approximate surface area is 181 Å². The van der Waals surface area contributed by atoms with Crippen molar-refractivity contribution in [3.8, 4) is 0 Å². The molecule has 0 saturated heterocycles. The van der Waals surface area contributed by atoms with Crippen LogP contribution in [-0.2, 0) is 23.7 Å². The second kappa shape index (κ2) is 8.14. The number of aromatic amines is 1. The minimum absolute atomic E-state index is 0.0149. The maximum Gasteiger partial charge on any atom is 0.352 e. The molecule has 0 radical (unpaired) electrons. The van der Waals surface area contributed by atoms with Gasteiger partial charge in [-0.05, 0) is 60.5 Å². The van der Waals surface area contributed by atoms with Gasteiger partial charge >= 0.3 is 5.92 Å². The van der Waals surface area contributed by atoms with E-state index >= 15 is 8.78 Å². The van der Waals surface area contributed by atoms with Crippen LogP contribution in [0.15, 0.2) is 48.7 Å². The molecule has 2 heterocycles. The molecule has 3 aromatic rings. The first kappa shape index (κ1) is 21.6. The molecular formula is C23H19F4N3O2. The second-order valence-electron chi connectivity index (χ2n) is 7.65. The maximum absolute atomic E-state index is 15.1. The maximum atomic E-state index is 15.1. The first-order chi connectivity index (χ1) is 15.2. The van der Waals surface area contributed by atoms with Gasteiger partial charge in [0.15, 0.2) is 0 Å². The zero-order valence-corrected chi connectivity index (χ0v) is 17.0. The fraction of sp³-hybridized carbons (Fsp3) is 0.217. The van der Waals surface area contributed by atoms with Crippen LogP contribution in [-0.4, -0.2) is 28.2 Å². The van der Waals surface area contributed by atoms with Crippen molar-refractivity contribution in [3.05, 3.63) is 88.2 Å². The van der Waals surface area contributed by atoms with Crippen LogP contribution in [0.1, 0.15) is 32.7 Å². The van der Waals surface area contributed by atoms with Gasteiger partial charge in [0.1, 0.15) is 11.6 Å². The molecule has 1 aliphatic heterocycles. The summed E-state index contributed by atoms with van der Waals surface area (Å²) in [7, 11) is 0. The molecule has 1 aliphatic rings. The zero-order valence-electron chi connectivity index (χ0n) is 17.0. The van der Waals surface area contributed by atoms with Crippen molar-refractivity contribution < 1.29 is 27.2 Å². The molecule has 0 saturated carbocycles. The van der Waals surface area contributed by atoms with Gasteiger partial charge in [-0.25, -0.2) is 8.78 Å². The van der Waals surface area contributed by atoms with Gasteiger partial charge < -0.3 is 15.2 Å². The molecule has 4 rings (SSSR count). The molecule has 0 unspecified atom stereocenters. The third-order valence-corrected chi connectivity index (χ3v) is 5.46. The number of hydrogen-bond donors (Lipinski definition) is 2. The summed E-state index contributed by atoms with van der Waals surface area (Å²) in [5, 5.41) is 2.45. The predicted molar refractivity (Wildman–Crippen MR) is 109 cm³/mol. The average molecular weight is 445 g/mol. The molecule has 166 valence electrons. The summed E-state index contributed by atoms with van der Waals surface area (Å²) < 4.78 is 57.8. The summed E-state index contributed by atoms with van der Waals surface area (Å²) in [6.07, 6.45) is 2.05. The Hall–Kier alpha value is -3.62. The largest absolute Gasteiger partial charge is 0.365 e. The number of benzene rings is 2. The number of alkyl halides is 2. The van der Waals surface area contributed by atoms with E-state index in [-0.39, 0.29) is 29.9 Å². The number of aromatic nitrogens is 1. The van der Waals surface area contributed by atoms with Crippen LogP contribution in [0, 0.1) is 18.6 Å². The van der Waals surface area contributed by atoms with Crippen molar-refractivity contribution >= 4 is 17.5 Å². The lowest BCUT2D eigenvalue weighted by Gasteiger charge is -2.30. The number of nitrogens with zero attached hydrogens (tertiary/aromatic N) is 1. The number of carbonyl (C=O) groups is 2. The van der Waals surface area contributed by atoms with E-state index in [1.807, 2.05) is 0 Å². The normalized spacial score (nSPS) is 13.6. The first-order valence-electron chi connectivity index (χ1n) is 9.86. The van der Waals surface area contributed by atoms with E-state index in [9.17, 15) is 18.4 Å². The molecule has 2 amide bonds. The standard InChI is InChI=1S/C23H19F4N3O2/c1-13-10-16(3-5-18(13)24)29-21(31)14-2-4-19(25)17(11-14)23(26,27)22(32)30-9-7-20-15(12-30)6-8-28-20/h2-6,8,10-11,28H,7,9,12H2,1H3,(H,29,31). The minimum Gasteiger partial charge on any atom is -0.365 e. The van der Waals surface area contributed by atoms with Crippen LogP contribution in [0.4, 0.5) is 23.2 Å². The van der Waals surface area contributed by atoms with Gasteiger partial charge in [0, 0.05) is 42.7 Å². The summed E-state index contributed by atoms with van der Waals surface area (Å²) in [6.45, 7) is 1.55. The van der Waals surface area contributed by atoms with Gasteiger partial charge in [0.2, 0.25) is 0 Å². The fourth-order valence-corrected chi connectivity index (χ4v) is 3.67. The van der Waals surface area contributed by atoms with Crippen LogP contribution in [0.2, 0.25) is 0 Å². The van der Waals surface area contributed by atoms with Gasteiger partial charge in [-0.1, -0.05) is 0 Å². The Balaban J connectivity index is 1.57. The SMILES string of the molecule is Cc1cc(NC(=O)c2ccc(F)c(C(F)(F)C(=O)N3CCc4[nH]ccc4C3)c2)ccc1F. The third kappa shape index (κ3) is 3.98. The number of carbonyl (C=O) groups excluding carboxylic acids is 2. The molecule has 0 aliphatic carbocycles. The van der Waals surface area contributed by atoms with E-state index in [4.69, 9.17) is 0 Å². The van der Waals surface area contributed by atoms with E-state index < -0.39 is 34.9 Å². The summed E-state index contributed by atoms with van der Waals surface area (Å²) in [5.41, 5.74) is 0.694. The van der Waals surface area contributed by atoms with E-state index in [2.05, 4.69) is 10.3 Å². The van der Waals surface area contributed by atoms with Crippen molar-refractivity contribution in [2.24, 2.45) is 0 Å². The number of nitrogens with one attached hydrogen (secondary N) is 2. The highest BCUT2D eigenvalue weighted by atomic mass is 19.3. The summed E-state index contributed by atoms with van der Waals surface area (Å²) in [5.74, 6) is -8.25. The summed E-state index contributed by atoms with van der Waals surface area (Å²) in [4.78, 5) is 29.1. The topological polar surface area (TPSA) is 65.2 Å². The number of aryl methyl sites for hydroxylation is 1. The van der Waals surface area contributed by atoms with Crippen LogP contribution in [0.25, 0.3) is 0 Å². The summed E-state index contributed by atoms with van der Waals surface area (Å²) >= 11 is 0. The Kier molecular flexibility index (Phi) is 5.50. The van der Waals surface area contributed by atoms with Crippen molar-refractivity contribution in [2.45, 2.75) is 25.8 Å². The zero-order chi connectivity index (χ0) is 23.0. The Morgan fingerprint density at radius 1 is 1.06 bits per heavy atom. The third-order valence-electron chi connectivity index (χ3n) is 5.46. The Morgan fingerprint density at radius 2 is 1.81 bits per heavy atom. The quantitative estimate of drug-likeness (QED) is 0.580. The molecule has 0 fully saturated rings. The highest BCUT2D eigenvalue weighted by molar-refractivity contribution is 6.04. The lowest BCUT2D eigenvalue weighted by molar-refractivity contribution is -0.160. The summed E-state index contributed by atoms with van der Waals surface area (Å²) in [6, 6.07) is 7.98. The van der Waals surface area contributed by atoms with Crippen LogP contribution >= 0.6 is 0 Å². The van der Waals surface area contributed by atoms with Crippen LogP contribution < -0.4 is 5.32 Å². The lowest BCUT2D eigenvalue weighted by atomic mass is 10.0. The fourth-order valence-electron chi connectivity index (χ4n) is 3.67. The van der Waals surface area contributed by atoms with Gasteiger partial charge in [-0.15, -0.1) is 0 Å². The smallest absolute Gasteiger partial charge is 0.352 e. The van der Waals surface area contributed by atoms with E-state index in [1.165, 1.54) is 19.1 Å². The molecule has 32 heavy (non-hydrogen) atoms. The highest BCUT2D eigenvalue weighted by Crippen LogP contribution is 2.34. The number of fused-ring (bicyclic) bond motifs is 1. The second-order valence-corrected chi connectivity index (χ2v) is 7.65.